The number of carbonyl (C=O) groups excluding carboxylic acids is 2. The number of ether oxygens (including phenoxy) is 3. The quantitative estimate of drug-likeness (QED) is 0.244. The Morgan fingerprint density at radius 3 is 1.13 bits per heavy atom. The summed E-state index contributed by atoms with van der Waals surface area (Å²) in [5.41, 5.74) is 2.73. The highest BCUT2D eigenvalue weighted by Gasteiger charge is 2.32. The minimum absolute atomic E-state index is 0.0344. The van der Waals surface area contributed by atoms with Gasteiger partial charge in [-0.05, 0) is 49.2 Å². The number of hydrogen-bond donors (Lipinski definition) is 2. The van der Waals surface area contributed by atoms with E-state index in [1.807, 2.05) is 13.8 Å². The summed E-state index contributed by atoms with van der Waals surface area (Å²) in [5.74, 6) is -0.976. The summed E-state index contributed by atoms with van der Waals surface area (Å²) in [4.78, 5) is 31.4. The number of carbonyl (C=O) groups is 2. The van der Waals surface area contributed by atoms with Gasteiger partial charge in [0.25, 0.3) is 0 Å². The van der Waals surface area contributed by atoms with Crippen LogP contribution in [-0.2, 0) is 43.8 Å². The number of nitrogens with zero attached hydrogens (tertiary/aromatic N) is 2. The minimum Gasteiger partial charge on any atom is -0.378 e. The van der Waals surface area contributed by atoms with Crippen molar-refractivity contribution in [1.82, 2.24) is 19.2 Å². The van der Waals surface area contributed by atoms with E-state index in [9.17, 15) is 26.4 Å². The summed E-state index contributed by atoms with van der Waals surface area (Å²) in [7, 11) is -8.18. The molecule has 15 heteroatoms. The molecule has 0 unspecified atom stereocenters. The van der Waals surface area contributed by atoms with Gasteiger partial charge in [-0.1, -0.05) is 96.1 Å². The lowest BCUT2D eigenvalue weighted by atomic mass is 10.1. The van der Waals surface area contributed by atoms with Crippen molar-refractivity contribution < 1.29 is 40.6 Å². The summed E-state index contributed by atoms with van der Waals surface area (Å²) in [6.45, 7) is 5.09. The maximum absolute atomic E-state index is 14.2. The number of nitrogens with one attached hydrogen (secondary N) is 2. The number of aryl methyl sites for hydroxylation is 2. The largest absolute Gasteiger partial charge is 0.378 e. The summed E-state index contributed by atoms with van der Waals surface area (Å²) in [6.07, 6.45) is 0. The van der Waals surface area contributed by atoms with Crippen LogP contribution in [-0.4, -0.2) is 104 Å². The number of hydrogen-bond acceptors (Lipinski definition) is 9. The molecule has 1 saturated heterocycles. The van der Waals surface area contributed by atoms with Crippen molar-refractivity contribution in [1.29, 1.82) is 0 Å². The van der Waals surface area contributed by atoms with Gasteiger partial charge in [0.05, 0.1) is 49.4 Å². The van der Waals surface area contributed by atoms with Crippen LogP contribution in [0.25, 0.3) is 0 Å². The SMILES string of the molecule is Cc1ccc(S(=O)(=O)N[C@@H](C(=O)N2CCOCCOCCN(C(=O)[C@H](NS(=O)(=O)c3ccc(C)cc3)c3ccccc3)CCOCC2)c2ccccc2)cc1. The molecule has 2 N–H and O–H groups in total. The van der Waals surface area contributed by atoms with Gasteiger partial charge in [-0.3, -0.25) is 9.59 Å². The number of sulfonamides is 2. The summed E-state index contributed by atoms with van der Waals surface area (Å²) in [5, 5.41) is 0. The van der Waals surface area contributed by atoms with Crippen molar-refractivity contribution in [2.75, 3.05) is 65.8 Å². The first-order valence-electron chi connectivity index (χ1n) is 18.0. The Balaban J connectivity index is 1.31. The van der Waals surface area contributed by atoms with E-state index in [1.165, 1.54) is 34.1 Å². The van der Waals surface area contributed by atoms with Crippen LogP contribution in [0.4, 0.5) is 0 Å². The lowest BCUT2D eigenvalue weighted by Gasteiger charge is -2.29. The Bertz CT molecular complexity index is 1900. The smallest absolute Gasteiger partial charge is 0.245 e. The second kappa shape index (κ2) is 19.9. The molecule has 5 rings (SSSR count). The Morgan fingerprint density at radius 2 is 0.800 bits per heavy atom. The molecule has 13 nitrogen and oxygen atoms in total. The Labute approximate surface area is 323 Å². The molecule has 0 saturated carbocycles. The molecule has 2 atom stereocenters. The van der Waals surface area contributed by atoms with E-state index >= 15 is 0 Å². The maximum atomic E-state index is 14.2. The van der Waals surface area contributed by atoms with E-state index in [4.69, 9.17) is 14.2 Å². The Kier molecular flexibility index (Phi) is 15.1. The first-order valence-corrected chi connectivity index (χ1v) is 21.0. The fourth-order valence-electron chi connectivity index (χ4n) is 5.85. The molecule has 0 aromatic heterocycles. The molecule has 294 valence electrons. The predicted molar refractivity (Wildman–Crippen MR) is 207 cm³/mol. The molecule has 1 fully saturated rings. The zero-order chi connectivity index (χ0) is 39.3. The lowest BCUT2D eigenvalue weighted by Crippen LogP contribution is -2.46. The van der Waals surface area contributed by atoms with Crippen LogP contribution in [0, 0.1) is 13.8 Å². The van der Waals surface area contributed by atoms with Crippen LogP contribution in [0.3, 0.4) is 0 Å². The van der Waals surface area contributed by atoms with Gasteiger partial charge in [-0.2, -0.15) is 9.44 Å². The number of rotatable bonds is 10. The highest BCUT2D eigenvalue weighted by molar-refractivity contribution is 7.89. The van der Waals surface area contributed by atoms with Crippen molar-refractivity contribution in [2.45, 2.75) is 35.7 Å². The minimum atomic E-state index is -4.09. The Morgan fingerprint density at radius 1 is 0.491 bits per heavy atom. The standard InChI is InChI=1S/C40H48N4O9S2/c1-31-13-17-35(18-14-31)54(47,48)41-37(33-9-5-3-6-10-33)39(45)43-21-25-51-26-22-44(24-28-53-30-29-52-27-23-43)40(46)38(34-11-7-4-8-12-34)42-55(49,50)36-19-15-32(2)16-20-36/h3-20,37-38,41-42H,21-30H2,1-2H3/t37-,38-/m1/s1. The number of benzene rings is 4. The van der Waals surface area contributed by atoms with Gasteiger partial charge >= 0.3 is 0 Å². The van der Waals surface area contributed by atoms with E-state index < -0.39 is 43.9 Å². The van der Waals surface area contributed by atoms with E-state index in [2.05, 4.69) is 9.44 Å². The van der Waals surface area contributed by atoms with Crippen molar-refractivity contribution in [3.8, 4) is 0 Å². The van der Waals surface area contributed by atoms with Crippen LogP contribution >= 0.6 is 0 Å². The molecule has 1 aliphatic heterocycles. The third-order valence-electron chi connectivity index (χ3n) is 8.99. The van der Waals surface area contributed by atoms with Gasteiger partial charge in [-0.25, -0.2) is 16.8 Å². The van der Waals surface area contributed by atoms with Crippen LogP contribution in [0.1, 0.15) is 34.3 Å². The predicted octanol–water partition coefficient (Wildman–Crippen LogP) is 3.76. The van der Waals surface area contributed by atoms with E-state index in [1.54, 1.807) is 84.9 Å². The molecule has 55 heavy (non-hydrogen) atoms. The summed E-state index contributed by atoms with van der Waals surface area (Å²) >= 11 is 0. The molecule has 0 spiro atoms. The van der Waals surface area contributed by atoms with Crippen LogP contribution < -0.4 is 9.44 Å². The van der Waals surface area contributed by atoms with Crippen molar-refractivity contribution in [3.63, 3.8) is 0 Å². The first-order chi connectivity index (χ1) is 26.4. The van der Waals surface area contributed by atoms with E-state index in [0.717, 1.165) is 11.1 Å². The highest BCUT2D eigenvalue weighted by Crippen LogP contribution is 2.22. The monoisotopic (exact) mass is 792 g/mol. The maximum Gasteiger partial charge on any atom is 0.245 e. The molecule has 1 heterocycles. The van der Waals surface area contributed by atoms with Gasteiger partial charge in [0, 0.05) is 26.2 Å². The first kappa shape index (κ1) is 41.7. The molecule has 4 aromatic rings. The van der Waals surface area contributed by atoms with E-state index in [0.29, 0.717) is 11.1 Å². The van der Waals surface area contributed by atoms with Crippen LogP contribution in [0.2, 0.25) is 0 Å². The van der Waals surface area contributed by atoms with Gasteiger partial charge in [0.15, 0.2) is 0 Å². The van der Waals surface area contributed by atoms with E-state index in [-0.39, 0.29) is 75.6 Å². The second-order valence-corrected chi connectivity index (χ2v) is 16.5. The molecule has 0 bridgehead atoms. The van der Waals surface area contributed by atoms with Crippen molar-refractivity contribution in [3.05, 3.63) is 131 Å². The highest BCUT2D eigenvalue weighted by atomic mass is 32.2. The van der Waals surface area contributed by atoms with Crippen molar-refractivity contribution >= 4 is 31.9 Å². The average Bonchev–Trinajstić information content (AvgIpc) is 3.19. The summed E-state index contributed by atoms with van der Waals surface area (Å²) in [6, 6.07) is 27.5. The van der Waals surface area contributed by atoms with Gasteiger partial charge in [-0.15, -0.1) is 0 Å². The molecule has 2 amide bonds. The van der Waals surface area contributed by atoms with Gasteiger partial charge < -0.3 is 24.0 Å². The molecule has 0 radical (unpaired) electrons. The lowest BCUT2D eigenvalue weighted by molar-refractivity contribution is -0.135. The fourth-order valence-corrected chi connectivity index (χ4v) is 8.20. The summed E-state index contributed by atoms with van der Waals surface area (Å²) < 4.78 is 76.7. The fraction of sp³-hybridized carbons (Fsp3) is 0.350. The average molecular weight is 793 g/mol. The van der Waals surface area contributed by atoms with Crippen LogP contribution in [0.15, 0.2) is 119 Å². The van der Waals surface area contributed by atoms with Gasteiger partial charge in [0.1, 0.15) is 12.1 Å². The van der Waals surface area contributed by atoms with Crippen molar-refractivity contribution in [2.24, 2.45) is 0 Å². The normalized spacial score (nSPS) is 16.7. The Hall–Kier alpha value is -4.48. The molecular weight excluding hydrogens is 745 g/mol. The van der Waals surface area contributed by atoms with Gasteiger partial charge in [0.2, 0.25) is 31.9 Å². The molecule has 1 aliphatic rings. The third kappa shape index (κ3) is 12.0. The topological polar surface area (TPSA) is 161 Å². The molecule has 0 aliphatic carbocycles. The zero-order valence-corrected chi connectivity index (χ0v) is 32.6. The van der Waals surface area contributed by atoms with Crippen LogP contribution in [0.5, 0.6) is 0 Å². The number of amides is 2. The molecular formula is C40H48N4O9S2. The third-order valence-corrected chi connectivity index (χ3v) is 11.9. The second-order valence-electron chi connectivity index (χ2n) is 13.0. The molecule has 4 aromatic carbocycles. The zero-order valence-electron chi connectivity index (χ0n) is 31.0.